The lowest BCUT2D eigenvalue weighted by atomic mass is 9.77. The Balaban J connectivity index is 1.80. The Kier molecular flexibility index (Phi) is 4.78. The third kappa shape index (κ3) is 2.87. The molecule has 0 aliphatic carbocycles. The minimum Gasteiger partial charge on any atom is -0.494 e. The third-order valence-corrected chi connectivity index (χ3v) is 5.92. The molecular formula is C25H21ClO5. The highest BCUT2D eigenvalue weighted by Gasteiger charge is 2.54. The predicted octanol–water partition coefficient (Wildman–Crippen LogP) is 5.79. The van der Waals surface area contributed by atoms with Crippen LogP contribution in [0, 0.1) is 0 Å². The molecule has 0 atom stereocenters. The first kappa shape index (κ1) is 19.8. The van der Waals surface area contributed by atoms with Crippen molar-refractivity contribution in [1.82, 2.24) is 0 Å². The van der Waals surface area contributed by atoms with E-state index in [2.05, 4.69) is 0 Å². The number of fused-ring (bicyclic) bond motifs is 6. The lowest BCUT2D eigenvalue weighted by Crippen LogP contribution is -2.33. The van der Waals surface area contributed by atoms with E-state index in [4.69, 9.17) is 30.5 Å². The Morgan fingerprint density at radius 3 is 2.03 bits per heavy atom. The minimum atomic E-state index is -1.13. The molecule has 2 aliphatic heterocycles. The van der Waals surface area contributed by atoms with Crippen LogP contribution in [0.5, 0.6) is 23.0 Å². The summed E-state index contributed by atoms with van der Waals surface area (Å²) in [6, 6.07) is 16.9. The predicted molar refractivity (Wildman–Crippen MR) is 117 cm³/mol. The summed E-state index contributed by atoms with van der Waals surface area (Å²) in [4.78, 5) is 13.1. The van der Waals surface area contributed by atoms with Gasteiger partial charge in [0.25, 0.3) is 0 Å². The lowest BCUT2D eigenvalue weighted by Gasteiger charge is -2.36. The van der Waals surface area contributed by atoms with Crippen molar-refractivity contribution in [3.8, 4) is 23.0 Å². The Hall–Kier alpha value is -3.18. The number of rotatable bonds is 5. The molecule has 0 unspecified atom stereocenters. The van der Waals surface area contributed by atoms with Gasteiger partial charge in [0.15, 0.2) is 5.60 Å². The molecule has 1 spiro atoms. The van der Waals surface area contributed by atoms with Gasteiger partial charge in [0.1, 0.15) is 23.0 Å². The molecule has 0 amide bonds. The monoisotopic (exact) mass is 436 g/mol. The summed E-state index contributed by atoms with van der Waals surface area (Å²) in [5.74, 6) is 2.33. The summed E-state index contributed by atoms with van der Waals surface area (Å²) in [6.07, 6.45) is 0. The summed E-state index contributed by atoms with van der Waals surface area (Å²) in [6.45, 7) is 4.92. The molecule has 0 radical (unpaired) electrons. The summed E-state index contributed by atoms with van der Waals surface area (Å²) >= 11 is 6.15. The summed E-state index contributed by atoms with van der Waals surface area (Å²) < 4.78 is 23.8. The molecule has 158 valence electrons. The van der Waals surface area contributed by atoms with Crippen LogP contribution in [0.15, 0.2) is 54.6 Å². The van der Waals surface area contributed by atoms with Gasteiger partial charge in [-0.1, -0.05) is 18.2 Å². The molecule has 5 nitrogen and oxygen atoms in total. The quantitative estimate of drug-likeness (QED) is 0.374. The average molecular weight is 437 g/mol. The lowest BCUT2D eigenvalue weighted by molar-refractivity contribution is 0.0223. The van der Waals surface area contributed by atoms with Crippen molar-refractivity contribution in [2.24, 2.45) is 0 Å². The molecule has 0 saturated heterocycles. The van der Waals surface area contributed by atoms with Crippen molar-refractivity contribution in [3.05, 3.63) is 82.4 Å². The number of esters is 1. The molecule has 2 aliphatic rings. The number of carbonyl (C=O) groups is 1. The summed E-state index contributed by atoms with van der Waals surface area (Å²) in [5, 5.41) is 0. The Labute approximate surface area is 185 Å². The van der Waals surface area contributed by atoms with Gasteiger partial charge in [-0.15, -0.1) is 11.6 Å². The van der Waals surface area contributed by atoms with E-state index >= 15 is 0 Å². The van der Waals surface area contributed by atoms with E-state index < -0.39 is 11.6 Å². The second kappa shape index (κ2) is 7.50. The molecule has 31 heavy (non-hydrogen) atoms. The zero-order valence-corrected chi connectivity index (χ0v) is 18.0. The molecule has 6 heteroatoms. The fourth-order valence-electron chi connectivity index (χ4n) is 4.42. The highest BCUT2D eigenvalue weighted by molar-refractivity contribution is 6.18. The normalized spacial score (nSPS) is 14.9. The van der Waals surface area contributed by atoms with Crippen LogP contribution in [0.2, 0.25) is 0 Å². The van der Waals surface area contributed by atoms with Gasteiger partial charge in [0, 0.05) is 34.7 Å². The Morgan fingerprint density at radius 1 is 0.871 bits per heavy atom. The number of hydrogen-bond acceptors (Lipinski definition) is 5. The van der Waals surface area contributed by atoms with Crippen LogP contribution in [0.25, 0.3) is 0 Å². The molecule has 0 fully saturated rings. The van der Waals surface area contributed by atoms with Gasteiger partial charge in [-0.3, -0.25) is 0 Å². The van der Waals surface area contributed by atoms with Crippen molar-refractivity contribution >= 4 is 17.6 Å². The molecule has 0 bridgehead atoms. The maximum Gasteiger partial charge on any atom is 0.340 e. The van der Waals surface area contributed by atoms with E-state index in [-0.39, 0.29) is 5.88 Å². The molecule has 0 N–H and O–H groups in total. The number of hydrogen-bond donors (Lipinski definition) is 0. The summed E-state index contributed by atoms with van der Waals surface area (Å²) in [5.41, 5.74) is 2.37. The van der Waals surface area contributed by atoms with Gasteiger partial charge in [0.05, 0.1) is 18.8 Å². The van der Waals surface area contributed by atoms with Crippen LogP contribution >= 0.6 is 11.6 Å². The average Bonchev–Trinajstić information content (AvgIpc) is 3.07. The van der Waals surface area contributed by atoms with E-state index in [0.29, 0.717) is 41.8 Å². The number of halogens is 1. The molecule has 5 rings (SSSR count). The van der Waals surface area contributed by atoms with Crippen molar-refractivity contribution in [2.45, 2.75) is 25.3 Å². The van der Waals surface area contributed by atoms with Gasteiger partial charge in [0.2, 0.25) is 0 Å². The van der Waals surface area contributed by atoms with Crippen LogP contribution in [0.4, 0.5) is 0 Å². The van der Waals surface area contributed by atoms with Gasteiger partial charge < -0.3 is 18.9 Å². The first-order valence-corrected chi connectivity index (χ1v) is 10.8. The van der Waals surface area contributed by atoms with E-state index in [0.717, 1.165) is 22.3 Å². The number of carbonyl (C=O) groups excluding carboxylic acids is 1. The molecule has 0 aromatic heterocycles. The zero-order valence-electron chi connectivity index (χ0n) is 17.2. The minimum absolute atomic E-state index is 0.219. The van der Waals surface area contributed by atoms with E-state index in [1.165, 1.54) is 0 Å². The molecule has 3 aromatic rings. The number of benzene rings is 3. The highest BCUT2D eigenvalue weighted by Crippen LogP contribution is 2.57. The Bertz CT molecular complexity index is 1130. The van der Waals surface area contributed by atoms with Crippen LogP contribution in [0.1, 0.15) is 46.5 Å². The molecule has 3 aromatic carbocycles. The molecule has 0 saturated carbocycles. The largest absolute Gasteiger partial charge is 0.494 e. The fraction of sp³-hybridized carbons (Fsp3) is 0.240. The van der Waals surface area contributed by atoms with Crippen molar-refractivity contribution < 1.29 is 23.7 Å². The van der Waals surface area contributed by atoms with Crippen LogP contribution in [-0.4, -0.2) is 19.2 Å². The van der Waals surface area contributed by atoms with Gasteiger partial charge in [-0.2, -0.15) is 0 Å². The van der Waals surface area contributed by atoms with Gasteiger partial charge >= 0.3 is 5.97 Å². The van der Waals surface area contributed by atoms with Crippen LogP contribution in [-0.2, 0) is 16.2 Å². The second-order valence-electron chi connectivity index (χ2n) is 7.33. The number of ether oxygens (including phenoxy) is 4. The van der Waals surface area contributed by atoms with E-state index in [1.54, 1.807) is 0 Å². The van der Waals surface area contributed by atoms with Crippen LogP contribution in [0.3, 0.4) is 0 Å². The van der Waals surface area contributed by atoms with Gasteiger partial charge in [-0.05, 0) is 43.7 Å². The molecule has 2 heterocycles. The smallest absolute Gasteiger partial charge is 0.340 e. The summed E-state index contributed by atoms with van der Waals surface area (Å²) in [7, 11) is 0. The zero-order chi connectivity index (χ0) is 21.6. The van der Waals surface area contributed by atoms with Crippen LogP contribution < -0.4 is 14.2 Å². The third-order valence-electron chi connectivity index (χ3n) is 5.63. The first-order chi connectivity index (χ1) is 15.1. The fourth-order valence-corrected chi connectivity index (χ4v) is 4.65. The van der Waals surface area contributed by atoms with Gasteiger partial charge in [-0.25, -0.2) is 4.79 Å². The standard InChI is InChI=1S/C25H21ClO5/c1-3-28-16-8-10-18-21(12-16)30-22-13-17(29-4-2)9-11-19(22)25(18)20-7-5-6-15(14-26)23(20)24(27)31-25/h5-13H,3-4,14H2,1-2H3. The SMILES string of the molecule is CCOc1ccc2c(c1)Oc1cc(OCC)ccc1C21OC(=O)c2c(CCl)cccc21. The van der Waals surface area contributed by atoms with E-state index in [1.807, 2.05) is 68.4 Å². The maximum atomic E-state index is 13.1. The Morgan fingerprint density at radius 2 is 1.48 bits per heavy atom. The first-order valence-electron chi connectivity index (χ1n) is 10.3. The van der Waals surface area contributed by atoms with Crippen molar-refractivity contribution in [1.29, 1.82) is 0 Å². The second-order valence-corrected chi connectivity index (χ2v) is 7.60. The van der Waals surface area contributed by atoms with E-state index in [9.17, 15) is 4.79 Å². The van der Waals surface area contributed by atoms with Crippen molar-refractivity contribution in [3.63, 3.8) is 0 Å². The topological polar surface area (TPSA) is 54.0 Å². The van der Waals surface area contributed by atoms with Crippen molar-refractivity contribution in [2.75, 3.05) is 13.2 Å². The number of alkyl halides is 1. The molecular weight excluding hydrogens is 416 g/mol. The highest BCUT2D eigenvalue weighted by atomic mass is 35.5. The maximum absolute atomic E-state index is 13.1.